The van der Waals surface area contributed by atoms with E-state index >= 15 is 0 Å². The first kappa shape index (κ1) is 9.06. The lowest BCUT2D eigenvalue weighted by Gasteiger charge is -1.97. The molecule has 0 unspecified atom stereocenters. The van der Waals surface area contributed by atoms with Crippen molar-refractivity contribution in [2.75, 3.05) is 7.11 Å². The molecule has 0 radical (unpaired) electrons. The predicted molar refractivity (Wildman–Crippen MR) is 46.9 cm³/mol. The van der Waals surface area contributed by atoms with E-state index in [0.717, 1.165) is 9.75 Å². The van der Waals surface area contributed by atoms with E-state index in [2.05, 4.69) is 0 Å². The molecule has 0 aliphatic rings. The number of aliphatic carboxylic acids is 1. The summed E-state index contributed by atoms with van der Waals surface area (Å²) in [5, 5.41) is 8.55. The summed E-state index contributed by atoms with van der Waals surface area (Å²) < 4.78 is 5.01. The minimum Gasteiger partial charge on any atom is -0.496 e. The van der Waals surface area contributed by atoms with Crippen LogP contribution in [0.3, 0.4) is 0 Å². The first-order chi connectivity index (χ1) is 5.63. The third kappa shape index (κ3) is 1.98. The lowest BCUT2D eigenvalue weighted by molar-refractivity contribution is -0.136. The van der Waals surface area contributed by atoms with Gasteiger partial charge in [0.25, 0.3) is 0 Å². The Morgan fingerprint density at radius 1 is 1.75 bits per heavy atom. The molecule has 12 heavy (non-hydrogen) atoms. The van der Waals surface area contributed by atoms with E-state index in [-0.39, 0.29) is 6.42 Å². The van der Waals surface area contributed by atoms with Crippen LogP contribution in [-0.2, 0) is 11.2 Å². The van der Waals surface area contributed by atoms with Crippen molar-refractivity contribution in [1.29, 1.82) is 0 Å². The number of hydrogen-bond acceptors (Lipinski definition) is 3. The van der Waals surface area contributed by atoms with Crippen LogP contribution in [0.1, 0.15) is 9.75 Å². The molecule has 0 bridgehead atoms. The van der Waals surface area contributed by atoms with Crippen molar-refractivity contribution in [1.82, 2.24) is 0 Å². The quantitative estimate of drug-likeness (QED) is 0.781. The average molecular weight is 186 g/mol. The lowest BCUT2D eigenvalue weighted by Crippen LogP contribution is -1.99. The molecule has 1 rings (SSSR count). The maximum absolute atomic E-state index is 10.4. The Labute approximate surface area is 74.6 Å². The van der Waals surface area contributed by atoms with Gasteiger partial charge in [-0.05, 0) is 13.0 Å². The number of methoxy groups -OCH3 is 1. The van der Waals surface area contributed by atoms with Crippen LogP contribution in [0.4, 0.5) is 0 Å². The smallest absolute Gasteiger partial charge is 0.308 e. The molecule has 1 aromatic rings. The second-order valence-corrected chi connectivity index (χ2v) is 3.76. The summed E-state index contributed by atoms with van der Waals surface area (Å²) in [6, 6.07) is 1.85. The summed E-state index contributed by atoms with van der Waals surface area (Å²) in [5.74, 6) is -0.143. The molecule has 0 amide bonds. The highest BCUT2D eigenvalue weighted by Crippen LogP contribution is 2.28. The SMILES string of the molecule is COc1cc(C)sc1CC(=O)O. The molecule has 1 aromatic heterocycles. The summed E-state index contributed by atoms with van der Waals surface area (Å²) in [6.07, 6.45) is 0.0433. The van der Waals surface area contributed by atoms with Crippen molar-refractivity contribution in [2.24, 2.45) is 0 Å². The summed E-state index contributed by atoms with van der Waals surface area (Å²) in [4.78, 5) is 12.2. The van der Waals surface area contributed by atoms with E-state index in [1.54, 1.807) is 7.11 Å². The number of carboxylic acid groups (broad SMARTS) is 1. The van der Waals surface area contributed by atoms with Crippen molar-refractivity contribution < 1.29 is 14.6 Å². The second-order valence-electron chi connectivity index (χ2n) is 2.42. The van der Waals surface area contributed by atoms with Gasteiger partial charge in [0, 0.05) is 4.88 Å². The molecule has 1 N–H and O–H groups in total. The average Bonchev–Trinajstić information content (AvgIpc) is 2.29. The van der Waals surface area contributed by atoms with Gasteiger partial charge in [-0.2, -0.15) is 0 Å². The Hall–Kier alpha value is -1.03. The molecule has 1 heterocycles. The largest absolute Gasteiger partial charge is 0.496 e. The highest BCUT2D eigenvalue weighted by atomic mass is 32.1. The summed E-state index contributed by atoms with van der Waals surface area (Å²) in [7, 11) is 1.55. The molecule has 0 saturated carbocycles. The van der Waals surface area contributed by atoms with Crippen molar-refractivity contribution in [2.45, 2.75) is 13.3 Å². The maximum Gasteiger partial charge on any atom is 0.308 e. The van der Waals surface area contributed by atoms with E-state index in [0.29, 0.717) is 5.75 Å². The van der Waals surface area contributed by atoms with Gasteiger partial charge in [0.15, 0.2) is 0 Å². The molecule has 66 valence electrons. The topological polar surface area (TPSA) is 46.5 Å². The Bertz CT molecular complexity index is 290. The third-order valence-corrected chi connectivity index (χ3v) is 2.46. The standard InChI is InChI=1S/C8H10O3S/c1-5-3-6(11-2)7(12-5)4-8(9)10/h3H,4H2,1-2H3,(H,9,10). The molecular weight excluding hydrogens is 176 g/mol. The lowest BCUT2D eigenvalue weighted by atomic mass is 10.3. The maximum atomic E-state index is 10.4. The first-order valence-electron chi connectivity index (χ1n) is 3.48. The molecule has 0 fully saturated rings. The zero-order chi connectivity index (χ0) is 9.14. The Kier molecular flexibility index (Phi) is 2.70. The molecule has 0 aliphatic heterocycles. The fourth-order valence-corrected chi connectivity index (χ4v) is 1.97. The summed E-state index contributed by atoms with van der Waals surface area (Å²) in [6.45, 7) is 1.93. The van der Waals surface area contributed by atoms with Crippen LogP contribution < -0.4 is 4.74 Å². The highest BCUT2D eigenvalue weighted by molar-refractivity contribution is 7.12. The van der Waals surface area contributed by atoms with E-state index < -0.39 is 5.97 Å². The Morgan fingerprint density at radius 3 is 2.92 bits per heavy atom. The van der Waals surface area contributed by atoms with Gasteiger partial charge < -0.3 is 9.84 Å². The van der Waals surface area contributed by atoms with Gasteiger partial charge in [-0.3, -0.25) is 4.79 Å². The summed E-state index contributed by atoms with van der Waals surface area (Å²) >= 11 is 1.46. The van der Waals surface area contributed by atoms with Gasteiger partial charge in [-0.25, -0.2) is 0 Å². The van der Waals surface area contributed by atoms with Gasteiger partial charge in [0.1, 0.15) is 5.75 Å². The number of hydrogen-bond donors (Lipinski definition) is 1. The Morgan fingerprint density at radius 2 is 2.42 bits per heavy atom. The van der Waals surface area contributed by atoms with Crippen LogP contribution in [0, 0.1) is 6.92 Å². The minimum absolute atomic E-state index is 0.0433. The van der Waals surface area contributed by atoms with Crippen LogP contribution in [0.5, 0.6) is 5.75 Å². The fourth-order valence-electron chi connectivity index (χ4n) is 0.973. The first-order valence-corrected chi connectivity index (χ1v) is 4.30. The normalized spacial score (nSPS) is 9.83. The molecular formula is C8H10O3S. The number of carbonyl (C=O) groups is 1. The van der Waals surface area contributed by atoms with Gasteiger partial charge in [-0.15, -0.1) is 11.3 Å². The monoisotopic (exact) mass is 186 g/mol. The van der Waals surface area contributed by atoms with Gasteiger partial charge in [0.2, 0.25) is 0 Å². The van der Waals surface area contributed by atoms with E-state index in [4.69, 9.17) is 9.84 Å². The van der Waals surface area contributed by atoms with E-state index in [1.807, 2.05) is 13.0 Å². The van der Waals surface area contributed by atoms with Crippen molar-refractivity contribution in [3.05, 3.63) is 15.8 Å². The van der Waals surface area contributed by atoms with Crippen molar-refractivity contribution >= 4 is 17.3 Å². The molecule has 3 nitrogen and oxygen atoms in total. The number of thiophene rings is 1. The highest BCUT2D eigenvalue weighted by Gasteiger charge is 2.10. The van der Waals surface area contributed by atoms with Crippen molar-refractivity contribution in [3.63, 3.8) is 0 Å². The number of carboxylic acids is 1. The zero-order valence-corrected chi connectivity index (χ0v) is 7.77. The molecule has 0 aromatic carbocycles. The molecule has 4 heteroatoms. The number of aryl methyl sites for hydroxylation is 1. The second kappa shape index (κ2) is 3.58. The minimum atomic E-state index is -0.824. The van der Waals surface area contributed by atoms with Gasteiger partial charge in [0.05, 0.1) is 18.4 Å². The van der Waals surface area contributed by atoms with Crippen LogP contribution >= 0.6 is 11.3 Å². The Balaban J connectivity index is 2.89. The predicted octanol–water partition coefficient (Wildman–Crippen LogP) is 1.69. The van der Waals surface area contributed by atoms with Gasteiger partial charge in [-0.1, -0.05) is 0 Å². The number of ether oxygens (including phenoxy) is 1. The molecule has 0 aliphatic carbocycles. The molecule has 0 atom stereocenters. The third-order valence-electron chi connectivity index (χ3n) is 1.43. The molecule has 0 saturated heterocycles. The molecule has 0 spiro atoms. The van der Waals surface area contributed by atoms with Crippen LogP contribution in [0.2, 0.25) is 0 Å². The van der Waals surface area contributed by atoms with Crippen LogP contribution in [-0.4, -0.2) is 18.2 Å². The van der Waals surface area contributed by atoms with Gasteiger partial charge >= 0.3 is 5.97 Å². The van der Waals surface area contributed by atoms with Crippen molar-refractivity contribution in [3.8, 4) is 5.75 Å². The van der Waals surface area contributed by atoms with Crippen LogP contribution in [0.15, 0.2) is 6.07 Å². The van der Waals surface area contributed by atoms with Crippen LogP contribution in [0.25, 0.3) is 0 Å². The zero-order valence-electron chi connectivity index (χ0n) is 6.96. The van der Waals surface area contributed by atoms with E-state index in [1.165, 1.54) is 11.3 Å². The summed E-state index contributed by atoms with van der Waals surface area (Å²) in [5.41, 5.74) is 0. The number of rotatable bonds is 3. The van der Waals surface area contributed by atoms with E-state index in [9.17, 15) is 4.79 Å². The fraction of sp³-hybridized carbons (Fsp3) is 0.375.